The molecule has 2 aromatic carbocycles. The van der Waals surface area contributed by atoms with E-state index in [1.54, 1.807) is 16.8 Å². The van der Waals surface area contributed by atoms with Crippen molar-refractivity contribution in [3.63, 3.8) is 0 Å². The van der Waals surface area contributed by atoms with Crippen molar-refractivity contribution in [1.82, 2.24) is 19.3 Å². The van der Waals surface area contributed by atoms with Crippen LogP contribution in [0.25, 0.3) is 11.0 Å². The van der Waals surface area contributed by atoms with Crippen molar-refractivity contribution in [3.05, 3.63) is 81.5 Å². The number of carbonyl (C=O) groups is 1. The van der Waals surface area contributed by atoms with Gasteiger partial charge in [0.2, 0.25) is 5.91 Å². The van der Waals surface area contributed by atoms with Gasteiger partial charge in [-0.1, -0.05) is 43.0 Å². The van der Waals surface area contributed by atoms with Crippen LogP contribution >= 0.6 is 11.8 Å². The number of hydrogen-bond acceptors (Lipinski definition) is 5. The minimum Gasteiger partial charge on any atom is -0.325 e. The molecule has 7 nitrogen and oxygen atoms in total. The molecule has 176 valence electrons. The fraction of sp³-hybridized carbons (Fsp3) is 0.280. The molecular formula is C25H26FN5O2S. The molecule has 0 bridgehead atoms. The van der Waals surface area contributed by atoms with Gasteiger partial charge in [-0.2, -0.15) is 5.10 Å². The maximum atomic E-state index is 13.5. The Labute approximate surface area is 201 Å². The highest BCUT2D eigenvalue weighted by molar-refractivity contribution is 7.99. The highest BCUT2D eigenvalue weighted by Gasteiger charge is 2.19. The van der Waals surface area contributed by atoms with Crippen LogP contribution in [0.3, 0.4) is 0 Å². The number of carbonyl (C=O) groups excluding carboxylic acids is 1. The third-order valence-electron chi connectivity index (χ3n) is 5.49. The smallest absolute Gasteiger partial charge is 0.280 e. The second kappa shape index (κ2) is 10.2. The lowest BCUT2D eigenvalue weighted by atomic mass is 10.1. The lowest BCUT2D eigenvalue weighted by Gasteiger charge is -2.13. The van der Waals surface area contributed by atoms with Crippen LogP contribution in [0.1, 0.15) is 30.7 Å². The molecule has 0 radical (unpaired) electrons. The lowest BCUT2D eigenvalue weighted by Crippen LogP contribution is -2.26. The summed E-state index contributed by atoms with van der Waals surface area (Å²) in [5, 5.41) is 7.76. The molecule has 0 aliphatic rings. The Hall–Kier alpha value is -3.46. The van der Waals surface area contributed by atoms with E-state index in [1.165, 1.54) is 28.5 Å². The van der Waals surface area contributed by atoms with Crippen molar-refractivity contribution in [2.24, 2.45) is 0 Å². The summed E-state index contributed by atoms with van der Waals surface area (Å²) in [4.78, 5) is 30.9. The van der Waals surface area contributed by atoms with E-state index >= 15 is 0 Å². The molecule has 0 saturated heterocycles. The minimum absolute atomic E-state index is 0.0820. The highest BCUT2D eigenvalue weighted by Crippen LogP contribution is 2.22. The topological polar surface area (TPSA) is 81.8 Å². The van der Waals surface area contributed by atoms with E-state index in [4.69, 9.17) is 4.98 Å². The molecule has 34 heavy (non-hydrogen) atoms. The van der Waals surface area contributed by atoms with E-state index in [0.29, 0.717) is 28.4 Å². The van der Waals surface area contributed by atoms with Crippen molar-refractivity contribution >= 4 is 34.4 Å². The molecule has 1 N–H and O–H groups in total. The van der Waals surface area contributed by atoms with Gasteiger partial charge in [-0.25, -0.2) is 9.37 Å². The molecule has 2 aromatic heterocycles. The van der Waals surface area contributed by atoms with E-state index in [1.807, 2.05) is 38.1 Å². The van der Waals surface area contributed by atoms with Crippen LogP contribution in [0, 0.1) is 12.7 Å². The van der Waals surface area contributed by atoms with Crippen LogP contribution in [0.2, 0.25) is 0 Å². The number of rotatable bonds is 8. The van der Waals surface area contributed by atoms with Crippen molar-refractivity contribution in [2.75, 3.05) is 11.1 Å². The number of anilines is 1. The fourth-order valence-electron chi connectivity index (χ4n) is 3.74. The molecule has 4 aromatic rings. The van der Waals surface area contributed by atoms with Gasteiger partial charge in [-0.05, 0) is 55.7 Å². The lowest BCUT2D eigenvalue weighted by molar-refractivity contribution is -0.113. The molecule has 1 amide bonds. The van der Waals surface area contributed by atoms with E-state index in [0.717, 1.165) is 23.2 Å². The van der Waals surface area contributed by atoms with Gasteiger partial charge in [0.15, 0.2) is 10.7 Å². The first-order valence-electron chi connectivity index (χ1n) is 11.1. The number of thioether (sulfide) groups is 1. The van der Waals surface area contributed by atoms with Crippen molar-refractivity contribution in [2.45, 2.75) is 45.4 Å². The molecule has 0 unspecified atom stereocenters. The number of nitrogens with one attached hydrogen (secondary N) is 1. The molecule has 0 fully saturated rings. The molecule has 0 aliphatic heterocycles. The summed E-state index contributed by atoms with van der Waals surface area (Å²) in [7, 11) is 0. The zero-order valence-corrected chi connectivity index (χ0v) is 20.2. The summed E-state index contributed by atoms with van der Waals surface area (Å²) in [6.45, 7) is 6.52. The molecule has 0 saturated carbocycles. The highest BCUT2D eigenvalue weighted by atomic mass is 32.2. The van der Waals surface area contributed by atoms with Gasteiger partial charge in [-0.3, -0.25) is 18.8 Å². The van der Waals surface area contributed by atoms with Crippen LogP contribution in [0.15, 0.2) is 58.5 Å². The summed E-state index contributed by atoms with van der Waals surface area (Å²) < 4.78 is 16.6. The number of aryl methyl sites for hydroxylation is 3. The normalized spacial score (nSPS) is 11.2. The van der Waals surface area contributed by atoms with Gasteiger partial charge < -0.3 is 5.32 Å². The van der Waals surface area contributed by atoms with Gasteiger partial charge >= 0.3 is 0 Å². The molecule has 4 rings (SSSR count). The number of amides is 1. The molecule has 0 spiro atoms. The molecule has 2 heterocycles. The number of hydrogen-bond donors (Lipinski definition) is 1. The maximum absolute atomic E-state index is 13.5. The number of benzene rings is 2. The first kappa shape index (κ1) is 23.7. The average Bonchev–Trinajstić information content (AvgIpc) is 3.16. The van der Waals surface area contributed by atoms with Crippen LogP contribution in [0.5, 0.6) is 0 Å². The van der Waals surface area contributed by atoms with Crippen LogP contribution in [0.4, 0.5) is 10.1 Å². The van der Waals surface area contributed by atoms with E-state index in [9.17, 15) is 14.0 Å². The quantitative estimate of drug-likeness (QED) is 0.299. The van der Waals surface area contributed by atoms with Gasteiger partial charge in [0.25, 0.3) is 5.56 Å². The maximum Gasteiger partial charge on any atom is 0.280 e. The Morgan fingerprint density at radius 2 is 1.88 bits per heavy atom. The summed E-state index contributed by atoms with van der Waals surface area (Å²) in [5.74, 6) is -0.455. The number of halogens is 1. The van der Waals surface area contributed by atoms with Gasteiger partial charge in [0.1, 0.15) is 11.3 Å². The van der Waals surface area contributed by atoms with Crippen molar-refractivity contribution in [1.29, 1.82) is 0 Å². The fourth-order valence-corrected chi connectivity index (χ4v) is 4.53. The zero-order valence-electron chi connectivity index (χ0n) is 19.3. The summed E-state index contributed by atoms with van der Waals surface area (Å²) in [6, 6.07) is 13.7. The third-order valence-corrected chi connectivity index (χ3v) is 6.46. The van der Waals surface area contributed by atoms with E-state index in [-0.39, 0.29) is 29.6 Å². The van der Waals surface area contributed by atoms with Gasteiger partial charge in [-0.15, -0.1) is 0 Å². The first-order valence-corrected chi connectivity index (χ1v) is 12.1. The SMILES string of the molecule is CCc1cccc(NC(=O)CSc2nc3c(C)nn(CC)c3c(=O)n2Cc2ccc(F)cc2)c1. The van der Waals surface area contributed by atoms with Crippen molar-refractivity contribution in [3.8, 4) is 0 Å². The van der Waals surface area contributed by atoms with E-state index in [2.05, 4.69) is 17.3 Å². The standard InChI is InChI=1S/C25H26FN5O2S/c1-4-17-7-6-8-20(13-17)27-21(32)15-34-25-28-22-16(3)29-31(5-2)23(22)24(33)30(25)14-18-9-11-19(26)12-10-18/h6-13H,4-5,14-15H2,1-3H3,(H,27,32). The minimum atomic E-state index is -0.345. The number of fused-ring (bicyclic) bond motifs is 1. The van der Waals surface area contributed by atoms with Crippen LogP contribution in [-0.4, -0.2) is 31.0 Å². The van der Waals surface area contributed by atoms with Crippen LogP contribution < -0.4 is 10.9 Å². The second-order valence-corrected chi connectivity index (χ2v) is 8.84. The predicted octanol–water partition coefficient (Wildman–Crippen LogP) is 4.40. The van der Waals surface area contributed by atoms with E-state index < -0.39 is 0 Å². The second-order valence-electron chi connectivity index (χ2n) is 7.90. The van der Waals surface area contributed by atoms with Gasteiger partial charge in [0, 0.05) is 12.2 Å². The Bertz CT molecular complexity index is 1400. The van der Waals surface area contributed by atoms with Crippen LogP contribution in [-0.2, 0) is 24.3 Å². The Morgan fingerprint density at radius 1 is 1.12 bits per heavy atom. The zero-order chi connectivity index (χ0) is 24.2. The molecule has 0 aliphatic carbocycles. The predicted molar refractivity (Wildman–Crippen MR) is 133 cm³/mol. The monoisotopic (exact) mass is 479 g/mol. The average molecular weight is 480 g/mol. The molecule has 9 heteroatoms. The Balaban J connectivity index is 1.65. The summed E-state index contributed by atoms with van der Waals surface area (Å²) >= 11 is 1.19. The Kier molecular flexibility index (Phi) is 7.12. The third kappa shape index (κ3) is 5.04. The van der Waals surface area contributed by atoms with Crippen molar-refractivity contribution < 1.29 is 9.18 Å². The number of aromatic nitrogens is 4. The molecular weight excluding hydrogens is 453 g/mol. The molecule has 0 atom stereocenters. The number of nitrogens with zero attached hydrogens (tertiary/aromatic N) is 4. The first-order chi connectivity index (χ1) is 16.4. The summed E-state index contributed by atoms with van der Waals surface area (Å²) in [6.07, 6.45) is 0.878. The van der Waals surface area contributed by atoms with Gasteiger partial charge in [0.05, 0.1) is 18.0 Å². The summed E-state index contributed by atoms with van der Waals surface area (Å²) in [5.41, 5.74) is 3.99. The largest absolute Gasteiger partial charge is 0.325 e. The Morgan fingerprint density at radius 3 is 2.59 bits per heavy atom.